The van der Waals surface area contributed by atoms with Gasteiger partial charge >= 0.3 is 21.1 Å². The third-order valence-corrected chi connectivity index (χ3v) is 15.7. The van der Waals surface area contributed by atoms with E-state index in [1.54, 1.807) is 0 Å². The summed E-state index contributed by atoms with van der Waals surface area (Å²) < 4.78 is 2.32. The molecule has 6 aromatic carbocycles. The van der Waals surface area contributed by atoms with Crippen LogP contribution in [0.25, 0.3) is 27.6 Å². The van der Waals surface area contributed by atoms with Crippen LogP contribution in [0.4, 0.5) is 17.1 Å². The van der Waals surface area contributed by atoms with Crippen LogP contribution in [0.3, 0.4) is 0 Å². The Hall–Kier alpha value is -5.22. The molecule has 0 radical (unpaired) electrons. The zero-order valence-electron chi connectivity index (χ0n) is 31.9. The minimum absolute atomic E-state index is 0. The second kappa shape index (κ2) is 14.4. The van der Waals surface area contributed by atoms with Crippen LogP contribution in [0.15, 0.2) is 158 Å². The van der Waals surface area contributed by atoms with Gasteiger partial charge in [0.1, 0.15) is 13.9 Å². The summed E-state index contributed by atoms with van der Waals surface area (Å²) in [7, 11) is -3.03. The molecule has 3 heterocycles. The van der Waals surface area contributed by atoms with Crippen molar-refractivity contribution >= 4 is 67.7 Å². The van der Waals surface area contributed by atoms with Gasteiger partial charge in [0.15, 0.2) is 0 Å². The van der Waals surface area contributed by atoms with Crippen molar-refractivity contribution in [2.45, 2.75) is 46.1 Å². The number of fused-ring (bicyclic) bond motifs is 4. The van der Waals surface area contributed by atoms with E-state index in [2.05, 4.69) is 213 Å². The Labute approximate surface area is 340 Å². The summed E-state index contributed by atoms with van der Waals surface area (Å²) in [5, 5.41) is 7.33. The maximum absolute atomic E-state index is 4.99. The number of benzene rings is 6. The molecule has 1 aliphatic rings. The van der Waals surface area contributed by atoms with Crippen molar-refractivity contribution in [1.29, 1.82) is 0 Å². The minimum atomic E-state index is -3.03. The van der Waals surface area contributed by atoms with Crippen LogP contribution in [0.1, 0.15) is 40.2 Å². The molecule has 0 saturated carbocycles. The summed E-state index contributed by atoms with van der Waals surface area (Å²) in [4.78, 5) is 9.89. The van der Waals surface area contributed by atoms with Gasteiger partial charge in [-0.2, -0.15) is 46.8 Å². The monoisotopic (exact) mass is 911 g/mol. The predicted octanol–water partition coefficient (Wildman–Crippen LogP) is 8.78. The van der Waals surface area contributed by atoms with Crippen molar-refractivity contribution in [2.75, 3.05) is 16.5 Å². The molecule has 0 spiro atoms. The quantitative estimate of drug-likeness (QED) is 0.0909. The fourth-order valence-electron chi connectivity index (χ4n) is 8.39. The van der Waals surface area contributed by atoms with Crippen LogP contribution < -0.4 is 30.5 Å². The molecule has 2 aromatic heterocycles. The van der Waals surface area contributed by atoms with Crippen LogP contribution in [-0.2, 0) is 26.5 Å². The average molecular weight is 912 g/mol. The van der Waals surface area contributed by atoms with Gasteiger partial charge in [0.2, 0.25) is 0 Å². The van der Waals surface area contributed by atoms with E-state index in [1.807, 2.05) is 6.20 Å². The fraction of sp³-hybridized carbons (Fsp3) is 0.163. The topological polar surface area (TPSA) is 24.3 Å². The van der Waals surface area contributed by atoms with Gasteiger partial charge in [-0.3, -0.25) is 0 Å². The zero-order valence-corrected chi connectivity index (χ0v) is 35.2. The molecular formula is C49H44N4PtSi. The molecule has 0 aliphatic carbocycles. The van der Waals surface area contributed by atoms with E-state index in [4.69, 9.17) is 4.98 Å². The standard InChI is InChI=1S/C49H44N4Si.Pt/c1-35(2)51-34-52(46-26-15-14-25-45(46)51)37-17-16-22-40(32-37)54(38-18-8-6-9-19-38,39-20-10-7-11-21-39)41-27-28-43-42-23-12-13-24-44(42)53(47(43)33-41)48-31-36(29-30-50-48)49(3,4)5;/h6-31,35H,34H2,1-5H3;/q-2;+2. The molecule has 55 heavy (non-hydrogen) atoms. The summed E-state index contributed by atoms with van der Waals surface area (Å²) >= 11 is 0. The smallest absolute Gasteiger partial charge is 0.349 e. The molecular weight excluding hydrogens is 868 g/mol. The predicted molar refractivity (Wildman–Crippen MR) is 230 cm³/mol. The molecule has 9 rings (SSSR count). The molecule has 0 bridgehead atoms. The SMILES string of the molecule is CC(C)N1CN(c2[c-]c([Si](c3[c-]c4c(cc3)c3ccccc3n4-c3cc(C(C)(C)C)ccn3)(c3ccccc3)c3ccccc3)ccc2)c2ccccc21.[Pt+2]. The Kier molecular flexibility index (Phi) is 9.65. The number of rotatable bonds is 7. The molecule has 1 aliphatic heterocycles. The van der Waals surface area contributed by atoms with Gasteiger partial charge in [0, 0.05) is 17.8 Å². The van der Waals surface area contributed by atoms with Crippen LogP contribution in [-0.4, -0.2) is 30.3 Å². The molecule has 0 unspecified atom stereocenters. The Bertz CT molecular complexity index is 2590. The summed E-state index contributed by atoms with van der Waals surface area (Å²) in [5.41, 5.74) is 6.94. The maximum Gasteiger partial charge on any atom is 2.00 e. The molecule has 8 aromatic rings. The molecule has 274 valence electrons. The third kappa shape index (κ3) is 6.15. The van der Waals surface area contributed by atoms with E-state index in [-0.39, 0.29) is 26.5 Å². The van der Waals surface area contributed by atoms with Crippen molar-refractivity contribution in [3.05, 3.63) is 176 Å². The second-order valence-electron chi connectivity index (χ2n) is 15.7. The van der Waals surface area contributed by atoms with Crippen molar-refractivity contribution < 1.29 is 21.1 Å². The number of para-hydroxylation sites is 3. The Balaban J connectivity index is 0.00000427. The van der Waals surface area contributed by atoms with Crippen molar-refractivity contribution in [1.82, 2.24) is 9.55 Å². The number of aromatic nitrogens is 2. The average Bonchev–Trinajstić information content (AvgIpc) is 3.76. The van der Waals surface area contributed by atoms with Crippen molar-refractivity contribution in [3.8, 4) is 5.82 Å². The first kappa shape index (κ1) is 36.7. The second-order valence-corrected chi connectivity index (χ2v) is 19.4. The summed E-state index contributed by atoms with van der Waals surface area (Å²) in [5.74, 6) is 0.907. The van der Waals surface area contributed by atoms with Gasteiger partial charge in [-0.05, 0) is 70.9 Å². The van der Waals surface area contributed by atoms with E-state index in [0.717, 1.165) is 29.2 Å². The van der Waals surface area contributed by atoms with E-state index >= 15 is 0 Å². The van der Waals surface area contributed by atoms with Gasteiger partial charge in [0.05, 0.1) is 18.0 Å². The first-order chi connectivity index (χ1) is 26.2. The van der Waals surface area contributed by atoms with Gasteiger partial charge in [-0.15, -0.1) is 11.5 Å². The number of nitrogens with zero attached hydrogens (tertiary/aromatic N) is 4. The number of pyridine rings is 1. The largest absolute Gasteiger partial charge is 2.00 e. The fourth-order valence-corrected chi connectivity index (χ4v) is 12.9. The maximum atomic E-state index is 4.99. The molecule has 0 saturated heterocycles. The number of hydrogen-bond donors (Lipinski definition) is 0. The molecule has 6 heteroatoms. The molecule has 0 atom stereocenters. The molecule has 0 N–H and O–H groups in total. The normalized spacial score (nSPS) is 13.1. The first-order valence-electron chi connectivity index (χ1n) is 18.9. The van der Waals surface area contributed by atoms with Crippen LogP contribution in [0.5, 0.6) is 0 Å². The summed E-state index contributed by atoms with van der Waals surface area (Å²) in [6.45, 7) is 12.1. The third-order valence-electron chi connectivity index (χ3n) is 11.1. The molecule has 4 nitrogen and oxygen atoms in total. The van der Waals surface area contributed by atoms with Crippen molar-refractivity contribution in [2.24, 2.45) is 0 Å². The van der Waals surface area contributed by atoms with Crippen LogP contribution >= 0.6 is 0 Å². The minimum Gasteiger partial charge on any atom is -0.349 e. The van der Waals surface area contributed by atoms with Gasteiger partial charge in [-0.1, -0.05) is 123 Å². The van der Waals surface area contributed by atoms with Gasteiger partial charge in [-0.25, -0.2) is 4.98 Å². The van der Waals surface area contributed by atoms with Crippen LogP contribution in [0.2, 0.25) is 0 Å². The Morgan fingerprint density at radius 3 is 1.96 bits per heavy atom. The summed E-state index contributed by atoms with van der Waals surface area (Å²) in [6, 6.07) is 64.0. The first-order valence-corrected chi connectivity index (χ1v) is 20.9. The number of hydrogen-bond acceptors (Lipinski definition) is 3. The summed E-state index contributed by atoms with van der Waals surface area (Å²) in [6.07, 6.45) is 1.95. The Morgan fingerprint density at radius 1 is 0.636 bits per heavy atom. The molecule has 0 amide bonds. The van der Waals surface area contributed by atoms with E-state index in [0.29, 0.717) is 6.04 Å². The van der Waals surface area contributed by atoms with E-state index < -0.39 is 8.07 Å². The van der Waals surface area contributed by atoms with E-state index in [1.165, 1.54) is 48.5 Å². The Morgan fingerprint density at radius 2 is 1.27 bits per heavy atom. The number of anilines is 3. The molecule has 0 fully saturated rings. The van der Waals surface area contributed by atoms with Crippen LogP contribution in [0, 0.1) is 12.1 Å². The van der Waals surface area contributed by atoms with Crippen molar-refractivity contribution in [3.63, 3.8) is 0 Å². The van der Waals surface area contributed by atoms with Gasteiger partial charge < -0.3 is 14.4 Å². The zero-order chi connectivity index (χ0) is 37.0. The van der Waals surface area contributed by atoms with Gasteiger partial charge in [0.25, 0.3) is 0 Å². The van der Waals surface area contributed by atoms with E-state index in [9.17, 15) is 0 Å².